The summed E-state index contributed by atoms with van der Waals surface area (Å²) in [6, 6.07) is 16.3. The number of nitrogens with one attached hydrogen (secondary N) is 1. The monoisotopic (exact) mass is 275 g/mol. The fourth-order valence-corrected chi connectivity index (χ4v) is 2.16. The van der Waals surface area contributed by atoms with Gasteiger partial charge in [0.05, 0.1) is 7.11 Å². The smallest absolute Gasteiger partial charge is 0.119 e. The highest BCUT2D eigenvalue weighted by atomic mass is 35.5. The lowest BCUT2D eigenvalue weighted by molar-refractivity contribution is 0.413. The number of hydrogen-bond donors (Lipinski definition) is 1. The van der Waals surface area contributed by atoms with Gasteiger partial charge >= 0.3 is 0 Å². The summed E-state index contributed by atoms with van der Waals surface area (Å²) in [4.78, 5) is 0. The average Bonchev–Trinajstić information content (AvgIpc) is 2.45. The Labute approximate surface area is 119 Å². The van der Waals surface area contributed by atoms with Crippen LogP contribution < -0.4 is 10.1 Å². The second kappa shape index (κ2) is 6.60. The van der Waals surface area contributed by atoms with Crippen LogP contribution in [0.2, 0.25) is 5.02 Å². The maximum absolute atomic E-state index is 5.97. The van der Waals surface area contributed by atoms with Gasteiger partial charge in [-0.15, -0.1) is 0 Å². The summed E-state index contributed by atoms with van der Waals surface area (Å²) in [7, 11) is 1.68. The Kier molecular flexibility index (Phi) is 4.83. The minimum Gasteiger partial charge on any atom is -0.497 e. The molecule has 0 radical (unpaired) electrons. The Morgan fingerprint density at radius 3 is 2.68 bits per heavy atom. The summed E-state index contributed by atoms with van der Waals surface area (Å²) < 4.78 is 5.24. The van der Waals surface area contributed by atoms with Gasteiger partial charge in [0.2, 0.25) is 0 Å². The van der Waals surface area contributed by atoms with Gasteiger partial charge < -0.3 is 10.1 Å². The molecule has 3 heteroatoms. The van der Waals surface area contributed by atoms with E-state index in [1.807, 2.05) is 30.3 Å². The highest BCUT2D eigenvalue weighted by Gasteiger charge is 2.06. The third-order valence-corrected chi connectivity index (χ3v) is 3.33. The van der Waals surface area contributed by atoms with E-state index in [-0.39, 0.29) is 6.04 Å². The predicted octanol–water partition coefficient (Wildman–Crippen LogP) is 4.20. The van der Waals surface area contributed by atoms with Gasteiger partial charge in [0.15, 0.2) is 0 Å². The summed E-state index contributed by atoms with van der Waals surface area (Å²) in [6.45, 7) is 2.93. The van der Waals surface area contributed by atoms with Gasteiger partial charge in [-0.25, -0.2) is 0 Å². The Morgan fingerprint density at radius 1 is 1.16 bits per heavy atom. The number of ether oxygens (including phenoxy) is 1. The Bertz CT molecular complexity index is 542. The topological polar surface area (TPSA) is 21.3 Å². The summed E-state index contributed by atoms with van der Waals surface area (Å²) in [5.74, 6) is 0.883. The van der Waals surface area contributed by atoms with E-state index in [0.29, 0.717) is 0 Å². The van der Waals surface area contributed by atoms with Gasteiger partial charge in [0.25, 0.3) is 0 Å². The van der Waals surface area contributed by atoms with E-state index in [1.54, 1.807) is 7.11 Å². The van der Waals surface area contributed by atoms with Crippen molar-refractivity contribution in [3.63, 3.8) is 0 Å². The first-order valence-corrected chi connectivity index (χ1v) is 6.68. The maximum atomic E-state index is 5.97. The number of benzene rings is 2. The predicted molar refractivity (Wildman–Crippen MR) is 79.7 cm³/mol. The largest absolute Gasteiger partial charge is 0.497 e. The quantitative estimate of drug-likeness (QED) is 0.883. The van der Waals surface area contributed by atoms with Crippen LogP contribution in [0.4, 0.5) is 0 Å². The fourth-order valence-electron chi connectivity index (χ4n) is 1.95. The van der Waals surface area contributed by atoms with Crippen LogP contribution in [0, 0.1) is 0 Å². The highest BCUT2D eigenvalue weighted by Crippen LogP contribution is 2.19. The molecular weight excluding hydrogens is 258 g/mol. The van der Waals surface area contributed by atoms with E-state index in [9.17, 15) is 0 Å². The summed E-state index contributed by atoms with van der Waals surface area (Å²) in [6.07, 6.45) is 0. The Morgan fingerprint density at radius 2 is 1.95 bits per heavy atom. The normalized spacial score (nSPS) is 12.2. The Hall–Kier alpha value is -1.51. The third-order valence-electron chi connectivity index (χ3n) is 3.10. The molecular formula is C16H18ClNO. The van der Waals surface area contributed by atoms with Crippen molar-refractivity contribution in [1.82, 2.24) is 5.32 Å². The number of halogens is 1. The van der Waals surface area contributed by atoms with E-state index in [2.05, 4.69) is 30.4 Å². The lowest BCUT2D eigenvalue weighted by atomic mass is 10.1. The molecule has 0 aliphatic carbocycles. The third kappa shape index (κ3) is 3.98. The molecule has 19 heavy (non-hydrogen) atoms. The lowest BCUT2D eigenvalue weighted by Crippen LogP contribution is -2.18. The Balaban J connectivity index is 1.99. The van der Waals surface area contributed by atoms with Gasteiger partial charge in [-0.3, -0.25) is 0 Å². The first-order valence-electron chi connectivity index (χ1n) is 6.31. The molecule has 0 bridgehead atoms. The van der Waals surface area contributed by atoms with Gasteiger partial charge in [0, 0.05) is 17.6 Å². The van der Waals surface area contributed by atoms with E-state index < -0.39 is 0 Å². The molecule has 2 aromatic rings. The molecule has 0 saturated carbocycles. The fraction of sp³-hybridized carbons (Fsp3) is 0.250. The molecule has 100 valence electrons. The zero-order valence-electron chi connectivity index (χ0n) is 11.2. The molecule has 0 spiro atoms. The van der Waals surface area contributed by atoms with Crippen molar-refractivity contribution in [1.29, 1.82) is 0 Å². The molecule has 0 aromatic heterocycles. The molecule has 0 amide bonds. The van der Waals surface area contributed by atoms with Gasteiger partial charge in [-0.05, 0) is 42.3 Å². The zero-order valence-corrected chi connectivity index (χ0v) is 11.9. The van der Waals surface area contributed by atoms with Crippen LogP contribution in [0.1, 0.15) is 24.1 Å². The van der Waals surface area contributed by atoms with Crippen LogP contribution in [0.25, 0.3) is 0 Å². The first kappa shape index (κ1) is 13.9. The molecule has 1 atom stereocenters. The second-order valence-corrected chi connectivity index (χ2v) is 4.95. The van der Waals surface area contributed by atoms with Crippen LogP contribution >= 0.6 is 11.6 Å². The van der Waals surface area contributed by atoms with Crippen molar-refractivity contribution in [3.05, 3.63) is 64.7 Å². The van der Waals surface area contributed by atoms with Gasteiger partial charge in [-0.1, -0.05) is 35.9 Å². The number of hydrogen-bond acceptors (Lipinski definition) is 2. The summed E-state index contributed by atoms with van der Waals surface area (Å²) in [5, 5.41) is 4.25. The molecule has 0 aliphatic heterocycles. The molecule has 2 nitrogen and oxygen atoms in total. The molecule has 2 aromatic carbocycles. The zero-order chi connectivity index (χ0) is 13.7. The van der Waals surface area contributed by atoms with Crippen molar-refractivity contribution in [3.8, 4) is 5.75 Å². The molecule has 0 saturated heterocycles. The highest BCUT2D eigenvalue weighted by molar-refractivity contribution is 6.30. The molecule has 0 aliphatic rings. The second-order valence-electron chi connectivity index (χ2n) is 4.51. The van der Waals surface area contributed by atoms with Crippen LogP contribution in [0.15, 0.2) is 48.5 Å². The van der Waals surface area contributed by atoms with Crippen LogP contribution in [0.3, 0.4) is 0 Å². The average molecular weight is 276 g/mol. The standard InChI is InChI=1S/C16H18ClNO/c1-12(14-6-4-8-16(10-14)19-2)18-11-13-5-3-7-15(17)9-13/h3-10,12,18H,11H2,1-2H3/t12-/m1/s1. The van der Waals surface area contributed by atoms with Gasteiger partial charge in [-0.2, -0.15) is 0 Å². The van der Waals surface area contributed by atoms with Crippen LogP contribution in [-0.2, 0) is 6.54 Å². The van der Waals surface area contributed by atoms with Crippen molar-refractivity contribution in [2.75, 3.05) is 7.11 Å². The first-order chi connectivity index (χ1) is 9.19. The van der Waals surface area contributed by atoms with E-state index in [1.165, 1.54) is 11.1 Å². The molecule has 0 unspecified atom stereocenters. The summed E-state index contributed by atoms with van der Waals surface area (Å²) >= 11 is 5.97. The van der Waals surface area contributed by atoms with Crippen LogP contribution in [0.5, 0.6) is 5.75 Å². The minimum atomic E-state index is 0.258. The van der Waals surface area contributed by atoms with E-state index in [0.717, 1.165) is 17.3 Å². The minimum absolute atomic E-state index is 0.258. The van der Waals surface area contributed by atoms with Crippen LogP contribution in [-0.4, -0.2) is 7.11 Å². The van der Waals surface area contributed by atoms with Crippen molar-refractivity contribution in [2.45, 2.75) is 19.5 Å². The molecule has 0 heterocycles. The number of rotatable bonds is 5. The molecule has 2 rings (SSSR count). The molecule has 0 fully saturated rings. The van der Waals surface area contributed by atoms with E-state index >= 15 is 0 Å². The van der Waals surface area contributed by atoms with E-state index in [4.69, 9.17) is 16.3 Å². The lowest BCUT2D eigenvalue weighted by Gasteiger charge is -2.15. The van der Waals surface area contributed by atoms with Crippen molar-refractivity contribution >= 4 is 11.6 Å². The SMILES string of the molecule is COc1cccc([C@@H](C)NCc2cccc(Cl)c2)c1. The summed E-state index contributed by atoms with van der Waals surface area (Å²) in [5.41, 5.74) is 2.39. The number of methoxy groups -OCH3 is 1. The van der Waals surface area contributed by atoms with Gasteiger partial charge in [0.1, 0.15) is 5.75 Å². The van der Waals surface area contributed by atoms with Crippen molar-refractivity contribution in [2.24, 2.45) is 0 Å². The molecule has 1 N–H and O–H groups in total. The van der Waals surface area contributed by atoms with Crippen molar-refractivity contribution < 1.29 is 4.74 Å². The maximum Gasteiger partial charge on any atom is 0.119 e.